The normalized spacial score (nSPS) is 10.4. The van der Waals surface area contributed by atoms with Crippen molar-refractivity contribution in [2.24, 2.45) is 5.73 Å². The molecule has 1 heterocycles. The van der Waals surface area contributed by atoms with Crippen molar-refractivity contribution in [3.63, 3.8) is 0 Å². The molecule has 0 saturated heterocycles. The summed E-state index contributed by atoms with van der Waals surface area (Å²) in [6, 6.07) is 10.6. The van der Waals surface area contributed by atoms with Crippen molar-refractivity contribution >= 4 is 0 Å². The molecule has 1 aromatic heterocycles. The molecule has 2 N–H and O–H groups in total. The van der Waals surface area contributed by atoms with E-state index in [2.05, 4.69) is 4.98 Å². The van der Waals surface area contributed by atoms with Crippen LogP contribution in [0.15, 0.2) is 42.6 Å². The molecule has 3 nitrogen and oxygen atoms in total. The van der Waals surface area contributed by atoms with Crippen LogP contribution in [-0.4, -0.2) is 18.1 Å². The topological polar surface area (TPSA) is 48.1 Å². The van der Waals surface area contributed by atoms with E-state index in [-0.39, 0.29) is 5.82 Å². The summed E-state index contributed by atoms with van der Waals surface area (Å²) in [5.74, 6) is -0.0316. The number of para-hydroxylation sites is 1. The van der Waals surface area contributed by atoms with Crippen LogP contribution >= 0.6 is 0 Å². The van der Waals surface area contributed by atoms with Crippen LogP contribution in [-0.2, 0) is 12.8 Å². The molecule has 19 heavy (non-hydrogen) atoms. The lowest BCUT2D eigenvalue weighted by Crippen LogP contribution is -2.09. The zero-order valence-corrected chi connectivity index (χ0v) is 10.7. The Labute approximate surface area is 112 Å². The molecule has 0 aliphatic carbocycles. The number of nitrogens with two attached hydrogens (primary N) is 1. The van der Waals surface area contributed by atoms with Gasteiger partial charge in [-0.15, -0.1) is 0 Å². The first-order valence-corrected chi connectivity index (χ1v) is 6.31. The lowest BCUT2D eigenvalue weighted by molar-refractivity contribution is 0.300. The third kappa shape index (κ3) is 3.76. The molecule has 0 aliphatic rings. The van der Waals surface area contributed by atoms with Gasteiger partial charge in [0.1, 0.15) is 0 Å². The molecule has 2 aromatic rings. The van der Waals surface area contributed by atoms with Crippen molar-refractivity contribution in [3.05, 3.63) is 59.7 Å². The first kappa shape index (κ1) is 13.5. The van der Waals surface area contributed by atoms with Crippen LogP contribution in [0.2, 0.25) is 0 Å². The summed E-state index contributed by atoms with van der Waals surface area (Å²) >= 11 is 0. The summed E-state index contributed by atoms with van der Waals surface area (Å²) in [5, 5.41) is 0. The minimum Gasteiger partial charge on any atom is -0.490 e. The molecular weight excluding hydrogens is 243 g/mol. The SMILES string of the molecule is NCCc1cccc(F)c1OCCc1ccccn1. The molecular formula is C15H17FN2O. The highest BCUT2D eigenvalue weighted by molar-refractivity contribution is 5.35. The molecule has 0 amide bonds. The Morgan fingerprint density at radius 1 is 1.11 bits per heavy atom. The third-order valence-electron chi connectivity index (χ3n) is 2.79. The van der Waals surface area contributed by atoms with E-state index in [1.54, 1.807) is 12.3 Å². The Morgan fingerprint density at radius 3 is 2.74 bits per heavy atom. The second-order valence-corrected chi connectivity index (χ2v) is 4.19. The number of benzene rings is 1. The molecule has 0 fully saturated rings. The van der Waals surface area contributed by atoms with Gasteiger partial charge in [-0.3, -0.25) is 4.98 Å². The fourth-order valence-electron chi connectivity index (χ4n) is 1.87. The number of rotatable bonds is 6. The number of hydrogen-bond donors (Lipinski definition) is 1. The van der Waals surface area contributed by atoms with Crippen molar-refractivity contribution in [2.75, 3.05) is 13.2 Å². The molecule has 0 radical (unpaired) electrons. The number of ether oxygens (including phenoxy) is 1. The first-order valence-electron chi connectivity index (χ1n) is 6.31. The van der Waals surface area contributed by atoms with Crippen LogP contribution in [0.3, 0.4) is 0 Å². The Hall–Kier alpha value is -1.94. The van der Waals surface area contributed by atoms with Gasteiger partial charge in [0.2, 0.25) is 0 Å². The lowest BCUT2D eigenvalue weighted by atomic mass is 10.1. The minimum absolute atomic E-state index is 0.309. The summed E-state index contributed by atoms with van der Waals surface area (Å²) < 4.78 is 19.3. The van der Waals surface area contributed by atoms with Gasteiger partial charge in [-0.1, -0.05) is 18.2 Å². The predicted octanol–water partition coefficient (Wildman–Crippen LogP) is 2.34. The highest BCUT2D eigenvalue weighted by Gasteiger charge is 2.09. The molecule has 0 saturated carbocycles. The molecule has 2 rings (SSSR count). The Morgan fingerprint density at radius 2 is 2.00 bits per heavy atom. The summed E-state index contributed by atoms with van der Waals surface area (Å²) in [5.41, 5.74) is 7.25. The molecule has 1 aromatic carbocycles. The molecule has 0 atom stereocenters. The van der Waals surface area contributed by atoms with E-state index in [0.29, 0.717) is 31.7 Å². The molecule has 0 unspecified atom stereocenters. The van der Waals surface area contributed by atoms with Crippen LogP contribution in [0.4, 0.5) is 4.39 Å². The molecule has 0 aliphatic heterocycles. The highest BCUT2D eigenvalue weighted by Crippen LogP contribution is 2.23. The van der Waals surface area contributed by atoms with E-state index in [0.717, 1.165) is 11.3 Å². The van der Waals surface area contributed by atoms with E-state index in [1.807, 2.05) is 24.3 Å². The number of pyridine rings is 1. The van der Waals surface area contributed by atoms with Gasteiger partial charge in [0, 0.05) is 18.3 Å². The first-order chi connectivity index (χ1) is 9.31. The van der Waals surface area contributed by atoms with Gasteiger partial charge in [0.15, 0.2) is 11.6 Å². The maximum Gasteiger partial charge on any atom is 0.165 e. The van der Waals surface area contributed by atoms with E-state index in [1.165, 1.54) is 6.07 Å². The monoisotopic (exact) mass is 260 g/mol. The minimum atomic E-state index is -0.341. The quantitative estimate of drug-likeness (QED) is 0.867. The van der Waals surface area contributed by atoms with Crippen molar-refractivity contribution in [1.82, 2.24) is 4.98 Å². The molecule has 100 valence electrons. The summed E-state index contributed by atoms with van der Waals surface area (Å²) in [4.78, 5) is 4.20. The van der Waals surface area contributed by atoms with Gasteiger partial charge < -0.3 is 10.5 Å². The van der Waals surface area contributed by atoms with Crippen molar-refractivity contribution in [1.29, 1.82) is 0 Å². The van der Waals surface area contributed by atoms with Gasteiger partial charge in [-0.25, -0.2) is 4.39 Å². The number of hydrogen-bond acceptors (Lipinski definition) is 3. The van der Waals surface area contributed by atoms with E-state index in [4.69, 9.17) is 10.5 Å². The molecule has 0 bridgehead atoms. The Bertz CT molecular complexity index is 517. The summed E-state index contributed by atoms with van der Waals surface area (Å²) in [6.45, 7) is 0.871. The number of nitrogens with zero attached hydrogens (tertiary/aromatic N) is 1. The van der Waals surface area contributed by atoms with Gasteiger partial charge in [-0.2, -0.15) is 0 Å². The van der Waals surface area contributed by atoms with E-state index < -0.39 is 0 Å². The second-order valence-electron chi connectivity index (χ2n) is 4.19. The largest absolute Gasteiger partial charge is 0.490 e. The number of halogens is 1. The van der Waals surface area contributed by atoms with E-state index in [9.17, 15) is 4.39 Å². The average molecular weight is 260 g/mol. The van der Waals surface area contributed by atoms with Crippen LogP contribution in [0, 0.1) is 5.82 Å². The Kier molecular flexibility index (Phi) is 4.86. The van der Waals surface area contributed by atoms with Gasteiger partial charge in [0.05, 0.1) is 6.61 Å². The van der Waals surface area contributed by atoms with Crippen LogP contribution in [0.1, 0.15) is 11.3 Å². The standard InChI is InChI=1S/C15H17FN2O/c16-14-6-3-4-12(7-9-17)15(14)19-11-8-13-5-1-2-10-18-13/h1-6,10H,7-9,11,17H2. The molecule has 0 spiro atoms. The van der Waals surface area contributed by atoms with E-state index >= 15 is 0 Å². The zero-order chi connectivity index (χ0) is 13.5. The van der Waals surface area contributed by atoms with Crippen LogP contribution < -0.4 is 10.5 Å². The second kappa shape index (κ2) is 6.85. The van der Waals surface area contributed by atoms with Gasteiger partial charge in [-0.05, 0) is 36.7 Å². The third-order valence-corrected chi connectivity index (χ3v) is 2.79. The Balaban J connectivity index is 1.99. The van der Waals surface area contributed by atoms with Crippen LogP contribution in [0.5, 0.6) is 5.75 Å². The fraction of sp³-hybridized carbons (Fsp3) is 0.267. The van der Waals surface area contributed by atoms with Gasteiger partial charge >= 0.3 is 0 Å². The maximum absolute atomic E-state index is 13.7. The average Bonchev–Trinajstić information content (AvgIpc) is 2.43. The summed E-state index contributed by atoms with van der Waals surface area (Å²) in [7, 11) is 0. The molecule has 4 heteroatoms. The van der Waals surface area contributed by atoms with Crippen molar-refractivity contribution < 1.29 is 9.13 Å². The number of aromatic nitrogens is 1. The zero-order valence-electron chi connectivity index (χ0n) is 10.7. The maximum atomic E-state index is 13.7. The summed E-state index contributed by atoms with van der Waals surface area (Å²) in [6.07, 6.45) is 2.99. The fourth-order valence-corrected chi connectivity index (χ4v) is 1.87. The smallest absolute Gasteiger partial charge is 0.165 e. The van der Waals surface area contributed by atoms with Crippen LogP contribution in [0.25, 0.3) is 0 Å². The lowest BCUT2D eigenvalue weighted by Gasteiger charge is -2.11. The van der Waals surface area contributed by atoms with Crippen molar-refractivity contribution in [2.45, 2.75) is 12.8 Å². The predicted molar refractivity (Wildman–Crippen MR) is 72.6 cm³/mol. The highest BCUT2D eigenvalue weighted by atomic mass is 19.1. The van der Waals surface area contributed by atoms with Crippen molar-refractivity contribution in [3.8, 4) is 5.75 Å². The van der Waals surface area contributed by atoms with Gasteiger partial charge in [0.25, 0.3) is 0 Å².